The predicted octanol–water partition coefficient (Wildman–Crippen LogP) is 3.63. The molecule has 0 bridgehead atoms. The first-order valence-electron chi connectivity index (χ1n) is 5.34. The summed E-state index contributed by atoms with van der Waals surface area (Å²) in [6.07, 6.45) is 2.46. The molecule has 1 unspecified atom stereocenters. The van der Waals surface area contributed by atoms with E-state index in [2.05, 4.69) is 27.3 Å². The van der Waals surface area contributed by atoms with Crippen molar-refractivity contribution < 1.29 is 0 Å². The van der Waals surface area contributed by atoms with Crippen molar-refractivity contribution in [3.05, 3.63) is 28.2 Å². The molecule has 2 rings (SSSR count). The van der Waals surface area contributed by atoms with E-state index in [1.807, 2.05) is 30.0 Å². The van der Waals surface area contributed by atoms with Crippen LogP contribution < -0.4 is 5.32 Å². The van der Waals surface area contributed by atoms with Gasteiger partial charge in [0.1, 0.15) is 6.07 Å². The van der Waals surface area contributed by atoms with Gasteiger partial charge in [0.15, 0.2) is 0 Å². The molecule has 2 nitrogen and oxygen atoms in total. The Morgan fingerprint density at radius 1 is 1.50 bits per heavy atom. The van der Waals surface area contributed by atoms with E-state index in [1.165, 1.54) is 18.6 Å². The standard InChI is InChI=1S/C12H13BrN2S/c13-11-4-1-5-12(10(11)7-14)15-9-3-2-6-16-8-9/h1,4-5,9,15H,2-3,6,8H2. The zero-order valence-corrected chi connectivity index (χ0v) is 11.3. The van der Waals surface area contributed by atoms with Crippen LogP contribution in [0.5, 0.6) is 0 Å². The van der Waals surface area contributed by atoms with Crippen LogP contribution in [0.3, 0.4) is 0 Å². The van der Waals surface area contributed by atoms with E-state index in [0.717, 1.165) is 15.9 Å². The van der Waals surface area contributed by atoms with E-state index in [9.17, 15) is 0 Å². The first-order chi connectivity index (χ1) is 7.81. The Kier molecular flexibility index (Phi) is 4.14. The second-order valence-electron chi connectivity index (χ2n) is 3.83. The van der Waals surface area contributed by atoms with Gasteiger partial charge in [-0.1, -0.05) is 6.07 Å². The van der Waals surface area contributed by atoms with Crippen molar-refractivity contribution in [1.82, 2.24) is 0 Å². The summed E-state index contributed by atoms with van der Waals surface area (Å²) in [5.74, 6) is 2.40. The molecule has 0 radical (unpaired) electrons. The minimum Gasteiger partial charge on any atom is -0.380 e. The topological polar surface area (TPSA) is 35.8 Å². The average molecular weight is 297 g/mol. The van der Waals surface area contributed by atoms with Crippen molar-refractivity contribution in [2.45, 2.75) is 18.9 Å². The normalized spacial score (nSPS) is 20.1. The highest BCUT2D eigenvalue weighted by molar-refractivity contribution is 9.10. The van der Waals surface area contributed by atoms with Crippen LogP contribution in [0, 0.1) is 11.3 Å². The number of nitriles is 1. The number of nitrogens with one attached hydrogen (secondary N) is 1. The molecule has 84 valence electrons. The van der Waals surface area contributed by atoms with Gasteiger partial charge in [-0.2, -0.15) is 17.0 Å². The Bertz CT molecular complexity index is 408. The van der Waals surface area contributed by atoms with Crippen molar-refractivity contribution in [2.75, 3.05) is 16.8 Å². The van der Waals surface area contributed by atoms with Crippen LogP contribution in [0.2, 0.25) is 0 Å². The number of hydrogen-bond donors (Lipinski definition) is 1. The molecule has 1 N–H and O–H groups in total. The molecule has 1 aromatic carbocycles. The maximum absolute atomic E-state index is 9.10. The lowest BCUT2D eigenvalue weighted by molar-refractivity contribution is 0.685. The number of nitrogens with zero attached hydrogens (tertiary/aromatic N) is 1. The fraction of sp³-hybridized carbons (Fsp3) is 0.417. The monoisotopic (exact) mass is 296 g/mol. The van der Waals surface area contributed by atoms with Crippen LogP contribution in [-0.2, 0) is 0 Å². The lowest BCUT2D eigenvalue weighted by atomic mass is 10.1. The number of hydrogen-bond acceptors (Lipinski definition) is 3. The van der Waals surface area contributed by atoms with Gasteiger partial charge in [-0.05, 0) is 46.7 Å². The Hall–Kier alpha value is -0.660. The zero-order valence-electron chi connectivity index (χ0n) is 8.87. The van der Waals surface area contributed by atoms with Crippen LogP contribution in [-0.4, -0.2) is 17.5 Å². The molecule has 0 amide bonds. The number of anilines is 1. The van der Waals surface area contributed by atoms with Gasteiger partial charge < -0.3 is 5.32 Å². The minimum absolute atomic E-state index is 0.500. The summed E-state index contributed by atoms with van der Waals surface area (Å²) in [5.41, 5.74) is 1.66. The van der Waals surface area contributed by atoms with Gasteiger partial charge in [0.25, 0.3) is 0 Å². The Balaban J connectivity index is 2.14. The van der Waals surface area contributed by atoms with E-state index < -0.39 is 0 Å². The van der Waals surface area contributed by atoms with Crippen LogP contribution >= 0.6 is 27.7 Å². The van der Waals surface area contributed by atoms with Gasteiger partial charge in [-0.25, -0.2) is 0 Å². The molecule has 0 aromatic heterocycles. The van der Waals surface area contributed by atoms with Crippen LogP contribution in [0.4, 0.5) is 5.69 Å². The molecule has 16 heavy (non-hydrogen) atoms. The second kappa shape index (κ2) is 5.60. The number of benzene rings is 1. The summed E-state index contributed by atoms with van der Waals surface area (Å²) in [4.78, 5) is 0. The highest BCUT2D eigenvalue weighted by atomic mass is 79.9. The number of thioether (sulfide) groups is 1. The van der Waals surface area contributed by atoms with Crippen LogP contribution in [0.25, 0.3) is 0 Å². The molecule has 1 heterocycles. The highest BCUT2D eigenvalue weighted by Gasteiger charge is 2.15. The molecule has 1 fully saturated rings. The molecular weight excluding hydrogens is 284 g/mol. The van der Waals surface area contributed by atoms with E-state index in [1.54, 1.807) is 0 Å². The third-order valence-electron chi connectivity index (χ3n) is 2.65. The summed E-state index contributed by atoms with van der Waals surface area (Å²) < 4.78 is 0.864. The van der Waals surface area contributed by atoms with Gasteiger partial charge in [-0.15, -0.1) is 0 Å². The maximum Gasteiger partial charge on any atom is 0.103 e. The molecule has 0 spiro atoms. The molecular formula is C12H13BrN2S. The average Bonchev–Trinajstić information content (AvgIpc) is 2.31. The van der Waals surface area contributed by atoms with Crippen molar-refractivity contribution in [3.63, 3.8) is 0 Å². The van der Waals surface area contributed by atoms with Gasteiger partial charge in [0.2, 0.25) is 0 Å². The zero-order chi connectivity index (χ0) is 11.4. The highest BCUT2D eigenvalue weighted by Crippen LogP contribution is 2.27. The molecule has 1 aliphatic rings. The molecule has 1 aliphatic heterocycles. The van der Waals surface area contributed by atoms with Gasteiger partial charge in [-0.3, -0.25) is 0 Å². The molecule has 1 atom stereocenters. The summed E-state index contributed by atoms with van der Waals surface area (Å²) in [6.45, 7) is 0. The molecule has 0 saturated carbocycles. The molecule has 1 aromatic rings. The Labute approximate surface area is 109 Å². The van der Waals surface area contributed by atoms with E-state index in [4.69, 9.17) is 5.26 Å². The van der Waals surface area contributed by atoms with Gasteiger partial charge in [0, 0.05) is 16.3 Å². The smallest absolute Gasteiger partial charge is 0.103 e. The summed E-state index contributed by atoms with van der Waals surface area (Å²) in [7, 11) is 0. The van der Waals surface area contributed by atoms with E-state index in [0.29, 0.717) is 11.6 Å². The van der Waals surface area contributed by atoms with Crippen LogP contribution in [0.15, 0.2) is 22.7 Å². The lowest BCUT2D eigenvalue weighted by Crippen LogP contribution is -2.26. The van der Waals surface area contributed by atoms with E-state index in [-0.39, 0.29) is 0 Å². The lowest BCUT2D eigenvalue weighted by Gasteiger charge is -2.24. The second-order valence-corrected chi connectivity index (χ2v) is 5.84. The van der Waals surface area contributed by atoms with Crippen molar-refractivity contribution in [2.24, 2.45) is 0 Å². The largest absolute Gasteiger partial charge is 0.380 e. The Morgan fingerprint density at radius 3 is 3.06 bits per heavy atom. The minimum atomic E-state index is 0.500. The molecule has 0 aliphatic carbocycles. The molecule has 1 saturated heterocycles. The Morgan fingerprint density at radius 2 is 2.38 bits per heavy atom. The predicted molar refractivity (Wildman–Crippen MR) is 72.8 cm³/mol. The van der Waals surface area contributed by atoms with Gasteiger partial charge >= 0.3 is 0 Å². The van der Waals surface area contributed by atoms with Crippen molar-refractivity contribution >= 4 is 33.4 Å². The van der Waals surface area contributed by atoms with Crippen LogP contribution in [0.1, 0.15) is 18.4 Å². The summed E-state index contributed by atoms with van der Waals surface area (Å²) >= 11 is 5.39. The quantitative estimate of drug-likeness (QED) is 0.905. The van der Waals surface area contributed by atoms with Crippen molar-refractivity contribution in [3.8, 4) is 6.07 Å². The van der Waals surface area contributed by atoms with E-state index >= 15 is 0 Å². The summed E-state index contributed by atoms with van der Waals surface area (Å²) in [5, 5.41) is 12.6. The third kappa shape index (κ3) is 2.72. The SMILES string of the molecule is N#Cc1c(Br)cccc1NC1CCCSC1. The fourth-order valence-electron chi connectivity index (χ4n) is 1.83. The maximum atomic E-state index is 9.10. The number of halogens is 1. The van der Waals surface area contributed by atoms with Gasteiger partial charge in [0.05, 0.1) is 11.3 Å². The number of rotatable bonds is 2. The first-order valence-corrected chi connectivity index (χ1v) is 7.29. The van der Waals surface area contributed by atoms with Crippen molar-refractivity contribution in [1.29, 1.82) is 5.26 Å². The first kappa shape index (κ1) is 11.8. The fourth-order valence-corrected chi connectivity index (χ4v) is 3.36. The molecule has 4 heteroatoms. The summed E-state index contributed by atoms with van der Waals surface area (Å²) in [6, 6.07) is 8.58. The third-order valence-corrected chi connectivity index (χ3v) is 4.52.